The molecule has 1 N–H and O–H groups in total. The second-order valence-electron chi connectivity index (χ2n) is 4.14. The third kappa shape index (κ3) is 3.91. The van der Waals surface area contributed by atoms with Crippen LogP contribution < -0.4 is 10.1 Å². The van der Waals surface area contributed by atoms with Gasteiger partial charge in [0.25, 0.3) is 0 Å². The second-order valence-corrected chi connectivity index (χ2v) is 4.57. The highest BCUT2D eigenvalue weighted by atomic mass is 35.5. The van der Waals surface area contributed by atoms with Gasteiger partial charge in [0.05, 0.1) is 18.1 Å². The highest BCUT2D eigenvalue weighted by molar-refractivity contribution is 6.30. The first-order valence-electron chi connectivity index (χ1n) is 6.14. The predicted molar refractivity (Wildman–Crippen MR) is 75.7 cm³/mol. The van der Waals surface area contributed by atoms with Crippen LogP contribution >= 0.6 is 11.6 Å². The SMILES string of the molecule is CCNCc1cnc(Oc2cc(Cl)ccc2C)cn1. The van der Waals surface area contributed by atoms with Gasteiger partial charge in [0.1, 0.15) is 5.75 Å². The lowest BCUT2D eigenvalue weighted by molar-refractivity contribution is 0.455. The lowest BCUT2D eigenvalue weighted by Crippen LogP contribution is -2.13. The van der Waals surface area contributed by atoms with Gasteiger partial charge >= 0.3 is 0 Å². The molecular weight excluding hydrogens is 262 g/mol. The number of aryl methyl sites for hydroxylation is 1. The van der Waals surface area contributed by atoms with Crippen molar-refractivity contribution in [3.05, 3.63) is 46.9 Å². The maximum Gasteiger partial charge on any atom is 0.237 e. The molecule has 0 spiro atoms. The minimum absolute atomic E-state index is 0.464. The molecule has 5 heteroatoms. The predicted octanol–water partition coefficient (Wildman–Crippen LogP) is 3.34. The van der Waals surface area contributed by atoms with Crippen LogP contribution in [0.3, 0.4) is 0 Å². The van der Waals surface area contributed by atoms with Crippen LogP contribution in [0.25, 0.3) is 0 Å². The molecule has 0 saturated carbocycles. The highest BCUT2D eigenvalue weighted by Crippen LogP contribution is 2.26. The first-order valence-corrected chi connectivity index (χ1v) is 6.52. The van der Waals surface area contributed by atoms with Crippen molar-refractivity contribution < 1.29 is 4.74 Å². The average Bonchev–Trinajstić information content (AvgIpc) is 2.42. The second kappa shape index (κ2) is 6.50. The van der Waals surface area contributed by atoms with Crippen molar-refractivity contribution in [1.29, 1.82) is 0 Å². The first kappa shape index (κ1) is 13.8. The minimum atomic E-state index is 0.464. The van der Waals surface area contributed by atoms with E-state index in [1.165, 1.54) is 0 Å². The van der Waals surface area contributed by atoms with Crippen molar-refractivity contribution >= 4 is 11.6 Å². The van der Waals surface area contributed by atoms with Crippen LogP contribution in [-0.2, 0) is 6.54 Å². The normalized spacial score (nSPS) is 10.5. The monoisotopic (exact) mass is 277 g/mol. The summed E-state index contributed by atoms with van der Waals surface area (Å²) in [6.45, 7) is 5.62. The molecule has 0 unspecified atom stereocenters. The summed E-state index contributed by atoms with van der Waals surface area (Å²) in [6.07, 6.45) is 3.32. The van der Waals surface area contributed by atoms with Crippen LogP contribution in [0.1, 0.15) is 18.2 Å². The molecule has 0 aliphatic rings. The molecule has 19 heavy (non-hydrogen) atoms. The molecule has 0 aliphatic carbocycles. The third-order valence-electron chi connectivity index (χ3n) is 2.60. The van der Waals surface area contributed by atoms with Gasteiger partial charge in [-0.3, -0.25) is 4.98 Å². The Morgan fingerprint density at radius 1 is 1.26 bits per heavy atom. The molecule has 0 aliphatic heterocycles. The molecule has 0 atom stereocenters. The molecule has 0 saturated heterocycles. The number of ether oxygens (including phenoxy) is 1. The minimum Gasteiger partial charge on any atom is -0.437 e. The van der Waals surface area contributed by atoms with Gasteiger partial charge in [-0.15, -0.1) is 0 Å². The maximum absolute atomic E-state index is 5.94. The third-order valence-corrected chi connectivity index (χ3v) is 2.84. The van der Waals surface area contributed by atoms with Gasteiger partial charge in [-0.1, -0.05) is 24.6 Å². The highest BCUT2D eigenvalue weighted by Gasteiger charge is 2.04. The Labute approximate surface area is 117 Å². The summed E-state index contributed by atoms with van der Waals surface area (Å²) in [7, 11) is 0. The number of aromatic nitrogens is 2. The van der Waals surface area contributed by atoms with Gasteiger partial charge < -0.3 is 10.1 Å². The van der Waals surface area contributed by atoms with Gasteiger partial charge in [-0.05, 0) is 31.2 Å². The Kier molecular flexibility index (Phi) is 4.71. The van der Waals surface area contributed by atoms with Crippen molar-refractivity contribution in [2.75, 3.05) is 6.54 Å². The summed E-state index contributed by atoms with van der Waals surface area (Å²) in [5.41, 5.74) is 1.89. The lowest BCUT2D eigenvalue weighted by atomic mass is 10.2. The van der Waals surface area contributed by atoms with Crippen LogP contribution in [0.5, 0.6) is 11.6 Å². The van der Waals surface area contributed by atoms with Gasteiger partial charge in [0.2, 0.25) is 5.88 Å². The van der Waals surface area contributed by atoms with Crippen molar-refractivity contribution in [2.24, 2.45) is 0 Å². The molecule has 0 fully saturated rings. The van der Waals surface area contributed by atoms with Crippen LogP contribution in [0, 0.1) is 6.92 Å². The summed E-state index contributed by atoms with van der Waals surface area (Å²) in [6, 6.07) is 5.50. The number of halogens is 1. The van der Waals surface area contributed by atoms with E-state index in [2.05, 4.69) is 15.3 Å². The smallest absolute Gasteiger partial charge is 0.237 e. The number of hydrogen-bond donors (Lipinski definition) is 1. The van der Waals surface area contributed by atoms with Crippen LogP contribution in [0.15, 0.2) is 30.6 Å². The van der Waals surface area contributed by atoms with Crippen molar-refractivity contribution in [2.45, 2.75) is 20.4 Å². The zero-order chi connectivity index (χ0) is 13.7. The van der Waals surface area contributed by atoms with E-state index in [-0.39, 0.29) is 0 Å². The molecule has 100 valence electrons. The molecule has 2 aromatic rings. The van der Waals surface area contributed by atoms with Crippen LogP contribution in [0.2, 0.25) is 5.02 Å². The number of nitrogens with zero attached hydrogens (tertiary/aromatic N) is 2. The van der Waals surface area contributed by atoms with E-state index in [9.17, 15) is 0 Å². The number of hydrogen-bond acceptors (Lipinski definition) is 4. The van der Waals surface area contributed by atoms with Crippen LogP contribution in [-0.4, -0.2) is 16.5 Å². The van der Waals surface area contributed by atoms with Gasteiger partial charge in [-0.2, -0.15) is 0 Å². The summed E-state index contributed by atoms with van der Waals surface area (Å²) in [4.78, 5) is 8.51. The fourth-order valence-corrected chi connectivity index (χ4v) is 1.70. The number of rotatable bonds is 5. The van der Waals surface area contributed by atoms with Crippen molar-refractivity contribution in [1.82, 2.24) is 15.3 Å². The fraction of sp³-hybridized carbons (Fsp3) is 0.286. The molecule has 2 rings (SSSR count). The van der Waals surface area contributed by atoms with E-state index < -0.39 is 0 Å². The fourth-order valence-electron chi connectivity index (χ4n) is 1.54. The summed E-state index contributed by atoms with van der Waals surface area (Å²) >= 11 is 5.94. The number of benzene rings is 1. The molecular formula is C14H16ClN3O. The molecule has 0 bridgehead atoms. The molecule has 1 aromatic carbocycles. The van der Waals surface area contributed by atoms with E-state index in [1.807, 2.05) is 26.0 Å². The van der Waals surface area contributed by atoms with E-state index in [4.69, 9.17) is 16.3 Å². The quantitative estimate of drug-likeness (QED) is 0.910. The van der Waals surface area contributed by atoms with Crippen molar-refractivity contribution in [3.63, 3.8) is 0 Å². The average molecular weight is 278 g/mol. The number of nitrogens with one attached hydrogen (secondary N) is 1. The Morgan fingerprint density at radius 2 is 2.11 bits per heavy atom. The molecule has 0 radical (unpaired) electrons. The van der Waals surface area contributed by atoms with Crippen LogP contribution in [0.4, 0.5) is 0 Å². The largest absolute Gasteiger partial charge is 0.437 e. The first-order chi connectivity index (χ1) is 9.19. The maximum atomic E-state index is 5.94. The summed E-state index contributed by atoms with van der Waals surface area (Å²) in [5, 5.41) is 3.83. The molecule has 1 aromatic heterocycles. The Balaban J connectivity index is 2.08. The zero-order valence-electron chi connectivity index (χ0n) is 11.0. The van der Waals surface area contributed by atoms with E-state index >= 15 is 0 Å². The Morgan fingerprint density at radius 3 is 2.79 bits per heavy atom. The van der Waals surface area contributed by atoms with Gasteiger partial charge in [-0.25, -0.2) is 4.98 Å². The van der Waals surface area contributed by atoms with Crippen molar-refractivity contribution in [3.8, 4) is 11.6 Å². The Bertz CT molecular complexity index is 543. The van der Waals surface area contributed by atoms with Gasteiger partial charge in [0, 0.05) is 11.6 Å². The Hall–Kier alpha value is -1.65. The summed E-state index contributed by atoms with van der Waals surface area (Å²) in [5.74, 6) is 1.16. The molecule has 0 amide bonds. The molecule has 1 heterocycles. The molecule has 4 nitrogen and oxygen atoms in total. The topological polar surface area (TPSA) is 47.0 Å². The van der Waals surface area contributed by atoms with E-state index in [1.54, 1.807) is 18.5 Å². The lowest BCUT2D eigenvalue weighted by Gasteiger charge is -2.08. The zero-order valence-corrected chi connectivity index (χ0v) is 11.7. The van der Waals surface area contributed by atoms with E-state index in [0.29, 0.717) is 23.2 Å². The standard InChI is InChI=1S/C14H16ClN3O/c1-3-16-7-12-8-18-14(9-17-12)19-13-6-11(15)5-4-10(13)2/h4-6,8-9,16H,3,7H2,1-2H3. The van der Waals surface area contributed by atoms with E-state index in [0.717, 1.165) is 17.8 Å². The van der Waals surface area contributed by atoms with Gasteiger partial charge in [0.15, 0.2) is 0 Å². The summed E-state index contributed by atoms with van der Waals surface area (Å²) < 4.78 is 5.67.